The number of rotatable bonds is 5. The standard InChI is InChI=1S/C35H42O6/c1-22-17-18-27-34(4,28(22)32(38)39-6)20-19-26-33(2,3)21-25(40-30(36)23-13-9-7-10-14-23)29(35(26,27)5)41-31(37)24-15-11-8-12-16-24/h7-16,25-29H,1,17-21H2,2-6H3/t25-,26-,27-,28-,29-,34+,35-/m0/s1. The van der Waals surface area contributed by atoms with E-state index in [9.17, 15) is 14.4 Å². The highest BCUT2D eigenvalue weighted by Crippen LogP contribution is 2.69. The lowest BCUT2D eigenvalue weighted by molar-refractivity contribution is -0.237. The average Bonchev–Trinajstić information content (AvgIpc) is 2.95. The zero-order valence-electron chi connectivity index (χ0n) is 24.9. The minimum Gasteiger partial charge on any atom is -0.469 e. The molecule has 0 N–H and O–H groups in total. The van der Waals surface area contributed by atoms with Crippen molar-refractivity contribution in [3.8, 4) is 0 Å². The molecule has 5 rings (SSSR count). The Hall–Kier alpha value is -3.41. The van der Waals surface area contributed by atoms with Crippen LogP contribution in [-0.4, -0.2) is 37.2 Å². The van der Waals surface area contributed by atoms with Crippen LogP contribution in [0.1, 0.15) is 80.5 Å². The maximum absolute atomic E-state index is 13.7. The molecule has 0 spiro atoms. The van der Waals surface area contributed by atoms with Gasteiger partial charge in [0.2, 0.25) is 0 Å². The van der Waals surface area contributed by atoms with E-state index >= 15 is 0 Å². The number of esters is 3. The molecule has 3 fully saturated rings. The number of carbonyl (C=O) groups is 3. The monoisotopic (exact) mass is 558 g/mol. The van der Waals surface area contributed by atoms with Crippen molar-refractivity contribution in [1.29, 1.82) is 0 Å². The quantitative estimate of drug-likeness (QED) is 0.222. The van der Waals surface area contributed by atoms with E-state index in [4.69, 9.17) is 14.2 Å². The largest absolute Gasteiger partial charge is 0.469 e. The maximum atomic E-state index is 13.7. The number of benzene rings is 2. The molecule has 41 heavy (non-hydrogen) atoms. The predicted molar refractivity (Wildman–Crippen MR) is 156 cm³/mol. The lowest BCUT2D eigenvalue weighted by atomic mass is 9.38. The summed E-state index contributed by atoms with van der Waals surface area (Å²) < 4.78 is 18.1. The summed E-state index contributed by atoms with van der Waals surface area (Å²) in [4.78, 5) is 40.3. The fourth-order valence-electron chi connectivity index (χ4n) is 9.02. The Morgan fingerprint density at radius 3 is 1.93 bits per heavy atom. The SMILES string of the molecule is C=C1CC[C@H]2[C@@](C)(CC[C@H]3C(C)(C)C[C@H](OC(=O)c4ccccc4)[C@H](OC(=O)c4ccccc4)[C@@]32C)[C@@H]1C(=O)OC. The molecular formula is C35H42O6. The van der Waals surface area contributed by atoms with Crippen LogP contribution in [0, 0.1) is 34.0 Å². The molecule has 2 aromatic carbocycles. The van der Waals surface area contributed by atoms with Crippen molar-refractivity contribution in [3.63, 3.8) is 0 Å². The van der Waals surface area contributed by atoms with Gasteiger partial charge in [-0.05, 0) is 79.0 Å². The number of methoxy groups -OCH3 is 1. The second-order valence-corrected chi connectivity index (χ2v) is 13.4. The minimum atomic E-state index is -0.699. The molecule has 6 nitrogen and oxygen atoms in total. The van der Waals surface area contributed by atoms with E-state index in [0.29, 0.717) is 24.0 Å². The Bertz CT molecular complexity index is 1310. The van der Waals surface area contributed by atoms with E-state index in [1.807, 2.05) is 24.3 Å². The van der Waals surface area contributed by atoms with Crippen LogP contribution in [0.3, 0.4) is 0 Å². The molecule has 3 aliphatic rings. The van der Waals surface area contributed by atoms with E-state index in [1.54, 1.807) is 36.4 Å². The molecule has 0 aliphatic heterocycles. The summed E-state index contributed by atoms with van der Waals surface area (Å²) in [6.45, 7) is 13.1. The Kier molecular flexibility index (Phi) is 7.65. The Balaban J connectivity index is 1.61. The van der Waals surface area contributed by atoms with Gasteiger partial charge in [-0.15, -0.1) is 0 Å². The van der Waals surface area contributed by atoms with Gasteiger partial charge in [0.1, 0.15) is 12.2 Å². The van der Waals surface area contributed by atoms with Gasteiger partial charge in [0.25, 0.3) is 0 Å². The first kappa shape index (κ1) is 29.1. The molecule has 0 aromatic heterocycles. The van der Waals surface area contributed by atoms with Crippen molar-refractivity contribution in [1.82, 2.24) is 0 Å². The summed E-state index contributed by atoms with van der Waals surface area (Å²) in [5.41, 5.74) is 0.591. The third-order valence-corrected chi connectivity index (χ3v) is 10.7. The van der Waals surface area contributed by atoms with Crippen LogP contribution < -0.4 is 0 Å². The molecule has 3 aliphatic carbocycles. The normalized spacial score (nSPS) is 34.0. The number of ether oxygens (including phenoxy) is 3. The fraction of sp³-hybridized carbons (Fsp3) is 0.514. The van der Waals surface area contributed by atoms with Gasteiger partial charge in [0.05, 0.1) is 24.2 Å². The van der Waals surface area contributed by atoms with Crippen molar-refractivity contribution in [3.05, 3.63) is 83.9 Å². The summed E-state index contributed by atoms with van der Waals surface area (Å²) in [7, 11) is 1.43. The van der Waals surface area contributed by atoms with Crippen molar-refractivity contribution in [2.75, 3.05) is 7.11 Å². The second-order valence-electron chi connectivity index (χ2n) is 13.4. The maximum Gasteiger partial charge on any atom is 0.338 e. The summed E-state index contributed by atoms with van der Waals surface area (Å²) >= 11 is 0. The minimum absolute atomic E-state index is 0.00873. The highest BCUT2D eigenvalue weighted by atomic mass is 16.6. The zero-order chi connectivity index (χ0) is 29.6. The third kappa shape index (κ3) is 4.89. The molecule has 0 bridgehead atoms. The Morgan fingerprint density at radius 2 is 1.37 bits per heavy atom. The van der Waals surface area contributed by atoms with Crippen LogP contribution in [0.5, 0.6) is 0 Å². The van der Waals surface area contributed by atoms with E-state index < -0.39 is 40.9 Å². The van der Waals surface area contributed by atoms with Gasteiger partial charge in [-0.3, -0.25) is 4.79 Å². The molecule has 2 aromatic rings. The van der Waals surface area contributed by atoms with Crippen molar-refractivity contribution < 1.29 is 28.6 Å². The molecule has 0 heterocycles. The fourth-order valence-corrected chi connectivity index (χ4v) is 9.02. The molecular weight excluding hydrogens is 516 g/mol. The zero-order valence-corrected chi connectivity index (χ0v) is 24.9. The van der Waals surface area contributed by atoms with Gasteiger partial charge >= 0.3 is 17.9 Å². The van der Waals surface area contributed by atoms with Crippen LogP contribution in [0.15, 0.2) is 72.8 Å². The lowest BCUT2D eigenvalue weighted by Gasteiger charge is -2.67. The van der Waals surface area contributed by atoms with Gasteiger partial charge in [-0.1, -0.05) is 76.2 Å². The molecule has 7 atom stereocenters. The summed E-state index contributed by atoms with van der Waals surface area (Å²) in [5, 5.41) is 0. The van der Waals surface area contributed by atoms with Gasteiger partial charge in [0, 0.05) is 5.41 Å². The molecule has 0 unspecified atom stereocenters. The highest BCUT2D eigenvalue weighted by Gasteiger charge is 2.69. The van der Waals surface area contributed by atoms with Crippen LogP contribution in [0.4, 0.5) is 0 Å². The Morgan fingerprint density at radius 1 is 0.805 bits per heavy atom. The second kappa shape index (κ2) is 10.8. The molecule has 218 valence electrons. The number of hydrogen-bond acceptors (Lipinski definition) is 6. The van der Waals surface area contributed by atoms with Gasteiger partial charge in [-0.25, -0.2) is 9.59 Å². The first-order chi connectivity index (χ1) is 19.4. The van der Waals surface area contributed by atoms with E-state index in [1.165, 1.54) is 7.11 Å². The summed E-state index contributed by atoms with van der Waals surface area (Å²) in [5.74, 6) is -1.38. The summed E-state index contributed by atoms with van der Waals surface area (Å²) in [6, 6.07) is 17.9. The van der Waals surface area contributed by atoms with E-state index in [2.05, 4.69) is 34.3 Å². The van der Waals surface area contributed by atoms with Gasteiger partial charge in [-0.2, -0.15) is 0 Å². The molecule has 0 saturated heterocycles. The van der Waals surface area contributed by atoms with Crippen LogP contribution in [-0.2, 0) is 19.0 Å². The molecule has 6 heteroatoms. The van der Waals surface area contributed by atoms with Crippen molar-refractivity contribution in [2.45, 2.75) is 72.0 Å². The smallest absolute Gasteiger partial charge is 0.338 e. The van der Waals surface area contributed by atoms with Crippen molar-refractivity contribution >= 4 is 17.9 Å². The van der Waals surface area contributed by atoms with Crippen molar-refractivity contribution in [2.24, 2.45) is 34.0 Å². The molecule has 0 amide bonds. The highest BCUT2D eigenvalue weighted by molar-refractivity contribution is 5.90. The van der Waals surface area contributed by atoms with E-state index in [0.717, 1.165) is 24.8 Å². The topological polar surface area (TPSA) is 78.9 Å². The average molecular weight is 559 g/mol. The van der Waals surface area contributed by atoms with Gasteiger partial charge < -0.3 is 14.2 Å². The molecule has 3 saturated carbocycles. The molecule has 0 radical (unpaired) electrons. The van der Waals surface area contributed by atoms with Crippen LogP contribution in [0.2, 0.25) is 0 Å². The lowest BCUT2D eigenvalue weighted by Crippen LogP contribution is -2.68. The van der Waals surface area contributed by atoms with E-state index in [-0.39, 0.29) is 23.2 Å². The number of hydrogen-bond donors (Lipinski definition) is 0. The first-order valence-electron chi connectivity index (χ1n) is 14.7. The Labute approximate surface area is 243 Å². The first-order valence-corrected chi connectivity index (χ1v) is 14.7. The van der Waals surface area contributed by atoms with Crippen LogP contribution >= 0.6 is 0 Å². The summed E-state index contributed by atoms with van der Waals surface area (Å²) in [6.07, 6.45) is 2.41. The third-order valence-electron chi connectivity index (χ3n) is 10.7. The van der Waals surface area contributed by atoms with Gasteiger partial charge in [0.15, 0.2) is 0 Å². The number of carbonyl (C=O) groups excluding carboxylic acids is 3. The number of fused-ring (bicyclic) bond motifs is 3. The van der Waals surface area contributed by atoms with Crippen LogP contribution in [0.25, 0.3) is 0 Å². The predicted octanol–water partition coefficient (Wildman–Crippen LogP) is 7.05.